The van der Waals surface area contributed by atoms with E-state index < -0.39 is 0 Å². The third-order valence-corrected chi connectivity index (χ3v) is 6.56. The molecule has 0 amide bonds. The molecule has 0 aliphatic rings. The van der Waals surface area contributed by atoms with Crippen molar-refractivity contribution in [3.8, 4) is 22.3 Å². The van der Waals surface area contributed by atoms with Crippen LogP contribution >= 0.6 is 0 Å². The number of hydrogen-bond acceptors (Lipinski definition) is 0. The van der Waals surface area contributed by atoms with Gasteiger partial charge in [0.15, 0.2) is 0 Å². The second-order valence-corrected chi connectivity index (χ2v) is 9.13. The molecule has 32 heavy (non-hydrogen) atoms. The Morgan fingerprint density at radius 1 is 0.531 bits per heavy atom. The highest BCUT2D eigenvalue weighted by molar-refractivity contribution is 6.15. The highest BCUT2D eigenvalue weighted by Gasteiger charge is 2.20. The topological polar surface area (TPSA) is 15.8 Å². The number of fused-ring (bicyclic) bond motifs is 3. The molecule has 0 bridgehead atoms. The van der Waals surface area contributed by atoms with Gasteiger partial charge >= 0.3 is 0 Å². The molecule has 1 N–H and O–H groups in total. The molecule has 0 saturated heterocycles. The highest BCUT2D eigenvalue weighted by atomic mass is 14.7. The molecule has 2 heteroatoms. The van der Waals surface area contributed by atoms with Gasteiger partial charge in [-0.1, -0.05) is 65.7 Å². The molecule has 1 nitrogen and oxygen atoms in total. The Labute approximate surface area is 193 Å². The number of aromatic amines is 1. The Morgan fingerprint density at radius 2 is 1.06 bits per heavy atom. The molecule has 0 radical (unpaired) electrons. The quantitative estimate of drug-likeness (QED) is 0.290. The van der Waals surface area contributed by atoms with E-state index in [2.05, 4.69) is 107 Å². The van der Waals surface area contributed by atoms with Gasteiger partial charge in [0.05, 0.1) is 13.9 Å². The first kappa shape index (κ1) is 22.0. The van der Waals surface area contributed by atoms with Crippen molar-refractivity contribution in [2.45, 2.75) is 41.5 Å². The van der Waals surface area contributed by atoms with Gasteiger partial charge in [0, 0.05) is 21.9 Å². The van der Waals surface area contributed by atoms with Gasteiger partial charge in [-0.05, 0) is 86.6 Å². The fraction of sp³-hybridized carbons (Fsp3) is 0.200. The van der Waals surface area contributed by atoms with E-state index >= 15 is 0 Å². The molecule has 0 aliphatic heterocycles. The predicted octanol–water partition coefficient (Wildman–Crippen LogP) is 7.32. The van der Waals surface area contributed by atoms with E-state index in [1.54, 1.807) is 0 Å². The summed E-state index contributed by atoms with van der Waals surface area (Å²) in [6.07, 6.45) is 0. The van der Waals surface area contributed by atoms with Crippen molar-refractivity contribution in [3.63, 3.8) is 0 Å². The van der Waals surface area contributed by atoms with Crippen molar-refractivity contribution >= 4 is 30.2 Å². The van der Waals surface area contributed by atoms with Gasteiger partial charge in [-0.2, -0.15) is 0 Å². The molecule has 0 unspecified atom stereocenters. The van der Waals surface area contributed by atoms with Crippen LogP contribution in [0.5, 0.6) is 0 Å². The normalized spacial score (nSPS) is 11.2. The standard InChI is InChI=1S/C30H29N.BH3/c1-17-13-19(3)27(20(4)14-17)25-12-11-24-23-9-7-8-10-26(23)31-30(24)29(25)28-21(5)15-18(2)16-22(28)6;/h7-16,31H,1-6H3;1H3. The summed E-state index contributed by atoms with van der Waals surface area (Å²) in [7, 11) is 0. The van der Waals surface area contributed by atoms with E-state index in [4.69, 9.17) is 0 Å². The van der Waals surface area contributed by atoms with Crippen LogP contribution in [0, 0.1) is 41.5 Å². The lowest BCUT2D eigenvalue weighted by atomic mass is 9.84. The van der Waals surface area contributed by atoms with Crippen molar-refractivity contribution in [2.75, 3.05) is 0 Å². The minimum absolute atomic E-state index is 0. The fourth-order valence-corrected chi connectivity index (χ4v) is 5.57. The SMILES string of the molecule is B.Cc1cc(C)c(-c2ccc3c([nH]c4ccccc43)c2-c2c(C)cc(C)cc2C)c(C)c1. The molecule has 5 aromatic rings. The van der Waals surface area contributed by atoms with E-state index in [-0.39, 0.29) is 8.41 Å². The number of H-pyrrole nitrogens is 1. The van der Waals surface area contributed by atoms with Gasteiger partial charge in [-0.25, -0.2) is 0 Å². The highest BCUT2D eigenvalue weighted by Crippen LogP contribution is 2.44. The molecule has 5 rings (SSSR count). The van der Waals surface area contributed by atoms with Crippen LogP contribution in [0.15, 0.2) is 60.7 Å². The summed E-state index contributed by atoms with van der Waals surface area (Å²) < 4.78 is 0. The summed E-state index contributed by atoms with van der Waals surface area (Å²) in [5.41, 5.74) is 15.7. The maximum Gasteiger partial charge on any atom is 0.0814 e. The van der Waals surface area contributed by atoms with E-state index in [0.717, 1.165) is 0 Å². The Kier molecular flexibility index (Phi) is 5.50. The zero-order valence-electron chi connectivity index (χ0n) is 19.3. The third-order valence-electron chi connectivity index (χ3n) is 6.56. The molecule has 0 spiro atoms. The summed E-state index contributed by atoms with van der Waals surface area (Å²) in [5, 5.41) is 2.57. The van der Waals surface area contributed by atoms with Crippen molar-refractivity contribution in [1.29, 1.82) is 0 Å². The van der Waals surface area contributed by atoms with E-state index in [1.807, 2.05) is 0 Å². The third kappa shape index (κ3) is 3.35. The van der Waals surface area contributed by atoms with Gasteiger partial charge in [0.25, 0.3) is 0 Å². The number of benzene rings is 4. The van der Waals surface area contributed by atoms with E-state index in [1.165, 1.54) is 77.4 Å². The summed E-state index contributed by atoms with van der Waals surface area (Å²) in [5.74, 6) is 0. The molecule has 0 aliphatic carbocycles. The molecular weight excluding hydrogens is 385 g/mol. The van der Waals surface area contributed by atoms with Crippen LogP contribution in [0.1, 0.15) is 33.4 Å². The van der Waals surface area contributed by atoms with Gasteiger partial charge in [-0.15, -0.1) is 0 Å². The zero-order valence-corrected chi connectivity index (χ0v) is 19.3. The minimum Gasteiger partial charge on any atom is -0.354 e. The lowest BCUT2D eigenvalue weighted by Gasteiger charge is -2.20. The van der Waals surface area contributed by atoms with Crippen molar-refractivity contribution in [2.24, 2.45) is 0 Å². The number of aromatic nitrogens is 1. The van der Waals surface area contributed by atoms with Crippen LogP contribution in [0.4, 0.5) is 0 Å². The number of rotatable bonds is 2. The Morgan fingerprint density at radius 3 is 1.66 bits per heavy atom. The van der Waals surface area contributed by atoms with Crippen molar-refractivity contribution < 1.29 is 0 Å². The van der Waals surface area contributed by atoms with Gasteiger partial charge in [-0.3, -0.25) is 0 Å². The summed E-state index contributed by atoms with van der Waals surface area (Å²) in [6.45, 7) is 13.3. The number of nitrogens with one attached hydrogen (secondary N) is 1. The molecule has 160 valence electrons. The Hall–Kier alpha value is -3.26. The average Bonchev–Trinajstić information content (AvgIpc) is 3.06. The first-order valence-electron chi connectivity index (χ1n) is 11.0. The molecule has 0 fully saturated rings. The lowest BCUT2D eigenvalue weighted by molar-refractivity contribution is 1.30. The summed E-state index contributed by atoms with van der Waals surface area (Å²) >= 11 is 0. The molecule has 4 aromatic carbocycles. The van der Waals surface area contributed by atoms with E-state index in [9.17, 15) is 0 Å². The van der Waals surface area contributed by atoms with Crippen molar-refractivity contribution in [3.05, 3.63) is 94.0 Å². The van der Waals surface area contributed by atoms with Crippen LogP contribution in [0.25, 0.3) is 44.1 Å². The minimum atomic E-state index is 0. The van der Waals surface area contributed by atoms with Gasteiger partial charge in [0.2, 0.25) is 0 Å². The fourth-order valence-electron chi connectivity index (χ4n) is 5.57. The smallest absolute Gasteiger partial charge is 0.0814 e. The molecular formula is C30H32BN. The molecule has 0 saturated carbocycles. The molecule has 1 aromatic heterocycles. The average molecular weight is 417 g/mol. The Balaban J connectivity index is 0.00000245. The van der Waals surface area contributed by atoms with Crippen molar-refractivity contribution in [1.82, 2.24) is 4.98 Å². The monoisotopic (exact) mass is 417 g/mol. The largest absolute Gasteiger partial charge is 0.354 e. The van der Waals surface area contributed by atoms with Crippen LogP contribution < -0.4 is 0 Å². The van der Waals surface area contributed by atoms with E-state index in [0.29, 0.717) is 0 Å². The Bertz CT molecular complexity index is 1440. The van der Waals surface area contributed by atoms with Crippen LogP contribution in [0.3, 0.4) is 0 Å². The second kappa shape index (κ2) is 8.02. The number of para-hydroxylation sites is 1. The molecule has 0 atom stereocenters. The summed E-state index contributed by atoms with van der Waals surface area (Å²) in [4.78, 5) is 3.77. The molecule has 1 heterocycles. The summed E-state index contributed by atoms with van der Waals surface area (Å²) in [6, 6.07) is 22.5. The zero-order chi connectivity index (χ0) is 21.9. The van der Waals surface area contributed by atoms with Crippen LogP contribution in [-0.2, 0) is 0 Å². The number of aryl methyl sites for hydroxylation is 6. The lowest BCUT2D eigenvalue weighted by Crippen LogP contribution is -1.97. The van der Waals surface area contributed by atoms with Gasteiger partial charge in [0.1, 0.15) is 0 Å². The van der Waals surface area contributed by atoms with Crippen LogP contribution in [0.2, 0.25) is 0 Å². The number of hydrogen-bond donors (Lipinski definition) is 1. The van der Waals surface area contributed by atoms with Gasteiger partial charge < -0.3 is 4.98 Å². The second-order valence-electron chi connectivity index (χ2n) is 9.13. The van der Waals surface area contributed by atoms with Crippen LogP contribution in [-0.4, -0.2) is 13.4 Å². The first-order chi connectivity index (χ1) is 14.8. The maximum atomic E-state index is 3.77. The first-order valence-corrected chi connectivity index (χ1v) is 11.0. The predicted molar refractivity (Wildman–Crippen MR) is 145 cm³/mol. The maximum absolute atomic E-state index is 3.77.